The molecular weight excluding hydrogens is 600 g/mol. The maximum absolute atomic E-state index is 13.4. The zero-order chi connectivity index (χ0) is 32.9. The van der Waals surface area contributed by atoms with Crippen molar-refractivity contribution in [2.75, 3.05) is 18.5 Å². The topological polar surface area (TPSA) is 189 Å². The first-order valence-corrected chi connectivity index (χ1v) is 18.4. The molecule has 4 rings (SSSR count). The Kier molecular flexibility index (Phi) is 11.9. The van der Waals surface area contributed by atoms with Crippen molar-refractivity contribution in [3.63, 3.8) is 0 Å². The maximum Gasteiger partial charge on any atom is 0.256 e. The minimum Gasteiger partial charge on any atom is -0.432 e. The molecule has 0 saturated carbocycles. The van der Waals surface area contributed by atoms with Crippen molar-refractivity contribution in [2.24, 2.45) is 5.92 Å². The Bertz CT molecular complexity index is 1260. The molecule has 2 aromatic rings. The molecule has 0 unspecified atom stereocenters. The van der Waals surface area contributed by atoms with Gasteiger partial charge in [0.1, 0.15) is 18.3 Å². The van der Waals surface area contributed by atoms with E-state index in [-0.39, 0.29) is 43.0 Å². The molecule has 248 valence electrons. The van der Waals surface area contributed by atoms with Crippen LogP contribution in [0, 0.1) is 5.92 Å². The number of aliphatic hydroxyl groups is 5. The van der Waals surface area contributed by atoms with Crippen LogP contribution in [0.25, 0.3) is 0 Å². The molecule has 45 heavy (non-hydrogen) atoms. The number of carbonyl (C=O) groups is 2. The molecule has 7 N–H and O–H groups in total. The van der Waals surface area contributed by atoms with Crippen LogP contribution in [0.5, 0.6) is 0 Å². The summed E-state index contributed by atoms with van der Waals surface area (Å²) in [5.74, 6) is -0.880. The molecule has 0 spiro atoms. The highest BCUT2D eigenvalue weighted by Crippen LogP contribution is 2.45. The minimum absolute atomic E-state index is 0.0274. The second-order valence-electron chi connectivity index (χ2n) is 12.6. The molecule has 2 heterocycles. The van der Waals surface area contributed by atoms with Crippen molar-refractivity contribution in [1.29, 1.82) is 0 Å². The third kappa shape index (κ3) is 8.76. The first kappa shape index (κ1) is 35.1. The molecule has 2 saturated heterocycles. The van der Waals surface area contributed by atoms with Crippen LogP contribution >= 0.6 is 0 Å². The predicted molar refractivity (Wildman–Crippen MR) is 167 cm³/mol. The molecule has 9 atom stereocenters. The number of nitrogens with zero attached hydrogens (tertiary/aromatic N) is 1. The van der Waals surface area contributed by atoms with Gasteiger partial charge in [-0.25, -0.2) is 0 Å². The number of aliphatic hydroxyl groups excluding tert-OH is 5. The molecule has 2 amide bonds. The smallest absolute Gasteiger partial charge is 0.256 e. The molecule has 2 fully saturated rings. The average molecular weight is 647 g/mol. The predicted octanol–water partition coefficient (Wildman–Crippen LogP) is 0.740. The third-order valence-electron chi connectivity index (χ3n) is 8.82. The highest BCUT2D eigenvalue weighted by Gasteiger charge is 2.50. The van der Waals surface area contributed by atoms with Crippen molar-refractivity contribution >= 4 is 25.8 Å². The molecule has 13 heteroatoms. The molecule has 2 aliphatic rings. The van der Waals surface area contributed by atoms with Gasteiger partial charge in [0.25, 0.3) is 5.91 Å². The third-order valence-corrected chi connectivity index (χ3v) is 11.3. The summed E-state index contributed by atoms with van der Waals surface area (Å²) in [6.07, 6.45) is -7.75. The fourth-order valence-corrected chi connectivity index (χ4v) is 9.09. The number of nitrogens with one attached hydrogen (secondary N) is 1. The number of anilines is 1. The average Bonchev–Trinajstić information content (AvgIpc) is 3.32. The summed E-state index contributed by atoms with van der Waals surface area (Å²) in [6, 6.07) is 16.6. The van der Waals surface area contributed by atoms with Crippen molar-refractivity contribution in [3.05, 3.63) is 65.7 Å². The first-order valence-electron chi connectivity index (χ1n) is 15.4. The van der Waals surface area contributed by atoms with Gasteiger partial charge in [-0.15, -0.1) is 0 Å². The van der Waals surface area contributed by atoms with Crippen LogP contribution in [-0.4, -0.2) is 111 Å². The number of ether oxygens (including phenoxy) is 2. The van der Waals surface area contributed by atoms with Crippen LogP contribution in [0.15, 0.2) is 54.6 Å². The van der Waals surface area contributed by atoms with E-state index < -0.39 is 51.0 Å². The number of hydrogen-bond donors (Lipinski definition) is 7. The van der Waals surface area contributed by atoms with E-state index in [1.54, 1.807) is 17.0 Å². The number of aryl methyl sites for hydroxylation is 1. The lowest BCUT2D eigenvalue weighted by Gasteiger charge is -2.37. The SMILES string of the molecule is C[C@H]1[C@H]([Si](C)(C)O)[C@@H](CC(=O)N(CCO)Cc2ccccc2)O[C@H]1CCc1ccc(NC(=O)[C@H]2O[C@@H](O)[C@H](O)[C@@H](O)[C@@H]2O)cc1. The van der Waals surface area contributed by atoms with Crippen molar-refractivity contribution in [3.8, 4) is 0 Å². The van der Waals surface area contributed by atoms with E-state index in [9.17, 15) is 39.9 Å². The molecule has 2 aliphatic heterocycles. The summed E-state index contributed by atoms with van der Waals surface area (Å²) in [7, 11) is -2.71. The van der Waals surface area contributed by atoms with Crippen LogP contribution in [0.2, 0.25) is 18.6 Å². The summed E-state index contributed by atoms with van der Waals surface area (Å²) in [4.78, 5) is 38.9. The molecular formula is C32H46N2O10Si. The van der Waals surface area contributed by atoms with Gasteiger partial charge in [-0.05, 0) is 55.1 Å². The Hall–Kier alpha value is -2.72. The fourth-order valence-electron chi connectivity index (χ4n) is 6.48. The molecule has 0 aliphatic carbocycles. The Morgan fingerprint density at radius 3 is 2.18 bits per heavy atom. The highest BCUT2D eigenvalue weighted by molar-refractivity contribution is 6.71. The number of hydrogen-bond acceptors (Lipinski definition) is 10. The Morgan fingerprint density at radius 1 is 0.889 bits per heavy atom. The van der Waals surface area contributed by atoms with Gasteiger partial charge in [0.05, 0.1) is 25.2 Å². The first-order chi connectivity index (χ1) is 21.3. The monoisotopic (exact) mass is 646 g/mol. The summed E-state index contributed by atoms with van der Waals surface area (Å²) in [5.41, 5.74) is 2.21. The quantitative estimate of drug-likeness (QED) is 0.162. The van der Waals surface area contributed by atoms with Crippen LogP contribution in [-0.2, 0) is 32.0 Å². The fraction of sp³-hybridized carbons (Fsp3) is 0.562. The lowest BCUT2D eigenvalue weighted by Crippen LogP contribution is -2.60. The molecule has 0 radical (unpaired) electrons. The lowest BCUT2D eigenvalue weighted by molar-refractivity contribution is -0.274. The molecule has 12 nitrogen and oxygen atoms in total. The Balaban J connectivity index is 1.35. The number of carbonyl (C=O) groups excluding carboxylic acids is 2. The second-order valence-corrected chi connectivity index (χ2v) is 16.6. The van der Waals surface area contributed by atoms with E-state index in [1.165, 1.54) is 0 Å². The van der Waals surface area contributed by atoms with E-state index >= 15 is 0 Å². The second kappa shape index (κ2) is 15.2. The number of benzene rings is 2. The maximum atomic E-state index is 13.4. The summed E-state index contributed by atoms with van der Waals surface area (Å²) >= 11 is 0. The van der Waals surface area contributed by atoms with Gasteiger partial charge in [-0.2, -0.15) is 0 Å². The zero-order valence-electron chi connectivity index (χ0n) is 25.9. The number of rotatable bonds is 12. The van der Waals surface area contributed by atoms with Crippen molar-refractivity contribution in [2.45, 2.75) is 94.3 Å². The summed E-state index contributed by atoms with van der Waals surface area (Å²) in [5, 5.41) is 51.5. The van der Waals surface area contributed by atoms with Crippen LogP contribution in [0.1, 0.15) is 30.9 Å². The molecule has 0 aromatic heterocycles. The van der Waals surface area contributed by atoms with Gasteiger partial charge in [-0.3, -0.25) is 9.59 Å². The van der Waals surface area contributed by atoms with Gasteiger partial charge >= 0.3 is 0 Å². The van der Waals surface area contributed by atoms with E-state index in [2.05, 4.69) is 12.2 Å². The van der Waals surface area contributed by atoms with Crippen LogP contribution in [0.3, 0.4) is 0 Å². The van der Waals surface area contributed by atoms with Gasteiger partial charge in [0.2, 0.25) is 5.91 Å². The van der Waals surface area contributed by atoms with Crippen LogP contribution < -0.4 is 5.32 Å². The largest absolute Gasteiger partial charge is 0.432 e. The van der Waals surface area contributed by atoms with Gasteiger partial charge in [0.15, 0.2) is 20.7 Å². The lowest BCUT2D eigenvalue weighted by atomic mass is 9.95. The standard InChI is InChI=1S/C32H46N2O10Si/c1-19-23(14-11-20-9-12-22(13-10-20)33-31(40)29-27(38)26(37)28(39)32(41)44-29)43-24(30(19)45(2,3)42)17-25(36)34(15-16-35)18-21-7-5-4-6-8-21/h4-10,12-13,19,23-24,26-30,32,35,37-39,41-42H,11,14-18H2,1-3H3,(H,33,40)/t19-,23+,24-,26+,27+,28-,29+,30+,32-/m1/s1. The van der Waals surface area contributed by atoms with Crippen LogP contribution in [0.4, 0.5) is 5.69 Å². The van der Waals surface area contributed by atoms with Crippen molar-refractivity contribution < 1.29 is 49.4 Å². The molecule has 0 bridgehead atoms. The Morgan fingerprint density at radius 2 is 1.56 bits per heavy atom. The van der Waals surface area contributed by atoms with E-state index in [1.807, 2.05) is 55.6 Å². The van der Waals surface area contributed by atoms with Gasteiger partial charge < -0.3 is 50.0 Å². The normalized spacial score (nSPS) is 30.2. The highest BCUT2D eigenvalue weighted by atomic mass is 28.4. The summed E-state index contributed by atoms with van der Waals surface area (Å²) < 4.78 is 11.5. The summed E-state index contributed by atoms with van der Waals surface area (Å²) in [6.45, 7) is 6.26. The van der Waals surface area contributed by atoms with Gasteiger partial charge in [-0.1, -0.05) is 49.4 Å². The van der Waals surface area contributed by atoms with Crippen molar-refractivity contribution in [1.82, 2.24) is 4.90 Å². The van der Waals surface area contributed by atoms with E-state index in [4.69, 9.17) is 9.47 Å². The van der Waals surface area contributed by atoms with E-state index in [0.29, 0.717) is 25.1 Å². The minimum atomic E-state index is -2.71. The molecule has 2 aromatic carbocycles. The zero-order valence-corrected chi connectivity index (χ0v) is 26.9. The Labute approximate surface area is 264 Å². The number of amides is 2. The van der Waals surface area contributed by atoms with E-state index in [0.717, 1.165) is 11.1 Å². The van der Waals surface area contributed by atoms with Gasteiger partial charge in [0, 0.05) is 24.3 Å².